The Morgan fingerprint density at radius 1 is 0.985 bits per heavy atom. The fourth-order valence-corrected chi connectivity index (χ4v) is 11.0. The first-order chi connectivity index (χ1) is 32.8. The third-order valence-electron chi connectivity index (χ3n) is 15.1. The minimum Gasteiger partial charge on any atom is -0.465 e. The monoisotopic (exact) mass is 944 g/mol. The Morgan fingerprint density at radius 3 is 2.29 bits per heavy atom. The molecule has 3 unspecified atom stereocenters. The van der Waals surface area contributed by atoms with Gasteiger partial charge in [0.15, 0.2) is 0 Å². The van der Waals surface area contributed by atoms with E-state index in [0.717, 1.165) is 118 Å². The van der Waals surface area contributed by atoms with Gasteiger partial charge in [0.1, 0.15) is 6.04 Å². The normalized spacial score (nSPS) is 19.8. The van der Waals surface area contributed by atoms with Gasteiger partial charge in [-0.05, 0) is 100 Å². The molecule has 3 N–H and O–H groups in total. The van der Waals surface area contributed by atoms with E-state index in [1.54, 1.807) is 19.2 Å². The van der Waals surface area contributed by atoms with Gasteiger partial charge in [-0.15, -0.1) is 0 Å². The number of methoxy groups -OCH3 is 2. The number of hydrogen-bond acceptors (Lipinski definition) is 12. The summed E-state index contributed by atoms with van der Waals surface area (Å²) >= 11 is 0. The number of amides is 1. The van der Waals surface area contributed by atoms with Crippen LogP contribution in [0.3, 0.4) is 0 Å². The second-order valence-electron chi connectivity index (χ2n) is 20.4. The number of pyridine rings is 1. The Kier molecular flexibility index (Phi) is 19.2. The summed E-state index contributed by atoms with van der Waals surface area (Å²) in [7, 11) is 3.51. The standard InChI is InChI=1S/C50H77N9O5.2C2H6/c1-8-58-43-15-14-38(54(26-27-62-6)21-16-44(57-32-50(33-57)17-11-18-50)45(51)48(61)59-20-10-9-19-53-59)28-40(43)42(30-49(4,5)34-64-36(3)60)47(58)41-29-39(31-52-46(41)35(2)63-7)56-24-22-55(23-25-56)37-12-13-37;2*1-2/h14-15,28-29,31,35,37,44-45,53H,8-13,16-27,30,32-34,51H2,1-7H3;2*1-2H3. The molecule has 5 aliphatic rings. The number of nitrogens with zero attached hydrogens (tertiary/aromatic N) is 7. The number of nitrogens with two attached hydrogens (primary N) is 1. The minimum atomic E-state index is -0.614. The molecular weight excluding hydrogens is 855 g/mol. The first kappa shape index (κ1) is 53.6. The Bertz CT molecular complexity index is 2080. The third kappa shape index (κ3) is 12.4. The number of aromatic nitrogens is 2. The summed E-state index contributed by atoms with van der Waals surface area (Å²) in [4.78, 5) is 41.4. The lowest BCUT2D eigenvalue weighted by atomic mass is 9.63. The zero-order valence-corrected chi connectivity index (χ0v) is 44.0. The number of hydrogen-bond donors (Lipinski definition) is 2. The van der Waals surface area contributed by atoms with E-state index >= 15 is 0 Å². The van der Waals surface area contributed by atoms with Gasteiger partial charge in [-0.3, -0.25) is 29.4 Å². The highest BCUT2D eigenvalue weighted by atomic mass is 16.5. The Labute approximate surface area is 409 Å². The quantitative estimate of drug-likeness (QED) is 0.106. The van der Waals surface area contributed by atoms with E-state index < -0.39 is 6.04 Å². The van der Waals surface area contributed by atoms with Gasteiger partial charge in [-0.1, -0.05) is 48.0 Å². The molecule has 5 heterocycles. The molecule has 1 spiro atoms. The summed E-state index contributed by atoms with van der Waals surface area (Å²) in [6.07, 6.45) is 11.8. The molecule has 5 fully saturated rings. The van der Waals surface area contributed by atoms with E-state index in [2.05, 4.69) is 81.6 Å². The first-order valence-electron chi connectivity index (χ1n) is 26.4. The smallest absolute Gasteiger partial charge is 0.302 e. The van der Waals surface area contributed by atoms with Gasteiger partial charge in [0, 0.05) is 133 Å². The predicted molar refractivity (Wildman–Crippen MR) is 277 cm³/mol. The molecule has 68 heavy (non-hydrogen) atoms. The van der Waals surface area contributed by atoms with Crippen molar-refractivity contribution < 1.29 is 23.8 Å². The second-order valence-corrected chi connectivity index (χ2v) is 20.4. The number of fused-ring (bicyclic) bond motifs is 1. The van der Waals surface area contributed by atoms with Gasteiger partial charge in [0.25, 0.3) is 5.91 Å². The SMILES string of the molecule is CC.CC.CCn1c(-c2cc(N3CCN(C4CC4)CC3)cnc2C(C)OC)c(CC(C)(C)COC(C)=O)c2cc(N(CCOC)CCC(C(N)C(=O)N3CCCCN3)N3CC4(CCC4)C3)ccc21. The number of benzene rings is 1. The van der Waals surface area contributed by atoms with Gasteiger partial charge < -0.3 is 34.3 Å². The van der Waals surface area contributed by atoms with Crippen molar-refractivity contribution in [2.24, 2.45) is 16.6 Å². The Morgan fingerprint density at radius 2 is 1.71 bits per heavy atom. The summed E-state index contributed by atoms with van der Waals surface area (Å²) in [6.45, 7) is 28.8. The van der Waals surface area contributed by atoms with Crippen molar-refractivity contribution in [3.05, 3.63) is 41.7 Å². The molecule has 8 rings (SSSR count). The van der Waals surface area contributed by atoms with Gasteiger partial charge in [0.2, 0.25) is 0 Å². The van der Waals surface area contributed by atoms with Crippen molar-refractivity contribution in [2.75, 3.05) is 103 Å². The van der Waals surface area contributed by atoms with Crippen LogP contribution >= 0.6 is 0 Å². The Balaban J connectivity index is 0.00000185. The lowest BCUT2D eigenvalue weighted by Crippen LogP contribution is -2.68. The molecule has 3 atom stereocenters. The molecule has 14 heteroatoms. The van der Waals surface area contributed by atoms with Crippen LogP contribution in [-0.2, 0) is 36.8 Å². The van der Waals surface area contributed by atoms with Crippen molar-refractivity contribution in [1.29, 1.82) is 0 Å². The third-order valence-corrected chi connectivity index (χ3v) is 15.1. The number of anilines is 2. The zero-order chi connectivity index (χ0) is 49.2. The summed E-state index contributed by atoms with van der Waals surface area (Å²) in [5.41, 5.74) is 18.1. The van der Waals surface area contributed by atoms with Crippen LogP contribution in [0.2, 0.25) is 0 Å². The highest BCUT2D eigenvalue weighted by Crippen LogP contribution is 2.49. The van der Waals surface area contributed by atoms with E-state index in [1.807, 2.05) is 33.9 Å². The number of esters is 1. The van der Waals surface area contributed by atoms with Crippen LogP contribution in [0, 0.1) is 10.8 Å². The van der Waals surface area contributed by atoms with E-state index in [-0.39, 0.29) is 29.4 Å². The summed E-state index contributed by atoms with van der Waals surface area (Å²) in [5.74, 6) is -0.275. The fraction of sp³-hybridized carbons (Fsp3) is 0.722. The average molecular weight is 944 g/mol. The minimum absolute atomic E-state index is 0.000184. The van der Waals surface area contributed by atoms with Gasteiger partial charge >= 0.3 is 5.97 Å². The molecule has 3 aromatic rings. The van der Waals surface area contributed by atoms with Crippen molar-refractivity contribution in [3.8, 4) is 11.3 Å². The molecule has 1 amide bonds. The Hall–Kier alpha value is -3.79. The number of aryl methyl sites for hydroxylation is 1. The summed E-state index contributed by atoms with van der Waals surface area (Å²) in [6, 6.07) is 9.32. The molecular formula is C54H89N9O5. The van der Waals surface area contributed by atoms with Crippen LogP contribution in [0.5, 0.6) is 0 Å². The molecule has 0 radical (unpaired) electrons. The van der Waals surface area contributed by atoms with E-state index in [4.69, 9.17) is 24.9 Å². The summed E-state index contributed by atoms with van der Waals surface area (Å²) < 4.78 is 19.9. The molecule has 2 aliphatic carbocycles. The maximum atomic E-state index is 13.9. The molecule has 2 saturated carbocycles. The van der Waals surface area contributed by atoms with E-state index in [1.165, 1.54) is 50.0 Å². The highest BCUT2D eigenvalue weighted by molar-refractivity contribution is 5.95. The van der Waals surface area contributed by atoms with Gasteiger partial charge in [-0.25, -0.2) is 5.43 Å². The van der Waals surface area contributed by atoms with Crippen LogP contribution < -0.4 is 21.0 Å². The number of hydrazine groups is 1. The number of nitrogens with one attached hydrogen (secondary N) is 1. The lowest BCUT2D eigenvalue weighted by molar-refractivity contribution is -0.144. The average Bonchev–Trinajstić information content (AvgIpc) is 4.15. The zero-order valence-electron chi connectivity index (χ0n) is 44.0. The first-order valence-corrected chi connectivity index (χ1v) is 26.4. The summed E-state index contributed by atoms with van der Waals surface area (Å²) in [5, 5.41) is 2.94. The van der Waals surface area contributed by atoms with Crippen molar-refractivity contribution >= 4 is 34.2 Å². The molecule has 3 aliphatic heterocycles. The van der Waals surface area contributed by atoms with Crippen molar-refractivity contribution in [1.82, 2.24) is 29.8 Å². The largest absolute Gasteiger partial charge is 0.465 e. The molecule has 380 valence electrons. The van der Waals surface area contributed by atoms with Crippen LogP contribution in [0.1, 0.15) is 131 Å². The molecule has 0 bridgehead atoms. The number of carbonyl (C=O) groups excluding carboxylic acids is 2. The fourth-order valence-electron chi connectivity index (χ4n) is 11.0. The second kappa shape index (κ2) is 24.4. The number of likely N-dealkylation sites (tertiary alicyclic amines) is 1. The predicted octanol–water partition coefficient (Wildman–Crippen LogP) is 8.05. The van der Waals surface area contributed by atoms with Gasteiger partial charge in [0.05, 0.1) is 42.6 Å². The number of piperazine rings is 1. The topological polar surface area (TPSA) is 134 Å². The van der Waals surface area contributed by atoms with Gasteiger partial charge in [-0.2, -0.15) is 0 Å². The molecule has 2 aromatic heterocycles. The van der Waals surface area contributed by atoms with Crippen molar-refractivity contribution in [3.63, 3.8) is 0 Å². The van der Waals surface area contributed by atoms with Crippen molar-refractivity contribution in [2.45, 2.75) is 151 Å². The molecule has 1 aromatic carbocycles. The molecule has 14 nitrogen and oxygen atoms in total. The highest BCUT2D eigenvalue weighted by Gasteiger charge is 2.51. The maximum Gasteiger partial charge on any atom is 0.302 e. The lowest BCUT2D eigenvalue weighted by Gasteiger charge is -2.59. The maximum absolute atomic E-state index is 13.9. The van der Waals surface area contributed by atoms with Crippen LogP contribution in [0.25, 0.3) is 22.2 Å². The van der Waals surface area contributed by atoms with Crippen LogP contribution in [0.4, 0.5) is 11.4 Å². The number of ether oxygens (including phenoxy) is 3. The van der Waals surface area contributed by atoms with Crippen LogP contribution in [-0.4, -0.2) is 147 Å². The van der Waals surface area contributed by atoms with E-state index in [0.29, 0.717) is 38.1 Å². The van der Waals surface area contributed by atoms with Crippen LogP contribution in [0.15, 0.2) is 30.5 Å². The number of rotatable bonds is 20. The van der Waals surface area contributed by atoms with E-state index in [9.17, 15) is 9.59 Å². The molecule has 3 saturated heterocycles. The number of carbonyl (C=O) groups is 2.